The highest BCUT2D eigenvalue weighted by Gasteiger charge is 2.25. The van der Waals surface area contributed by atoms with Gasteiger partial charge in [-0.25, -0.2) is 0 Å². The lowest BCUT2D eigenvalue weighted by atomic mass is 10.1. The Balaban J connectivity index is 1.64. The molecule has 26 heavy (non-hydrogen) atoms. The molecule has 3 aromatic rings. The first-order chi connectivity index (χ1) is 12.7. The van der Waals surface area contributed by atoms with E-state index in [1.54, 1.807) is 4.90 Å². The van der Waals surface area contributed by atoms with Crippen LogP contribution in [0.25, 0.3) is 10.9 Å². The second-order valence-electron chi connectivity index (χ2n) is 6.51. The number of para-hydroxylation sites is 1. The van der Waals surface area contributed by atoms with Gasteiger partial charge in [0, 0.05) is 24.2 Å². The first kappa shape index (κ1) is 17.0. The summed E-state index contributed by atoms with van der Waals surface area (Å²) in [5, 5.41) is 2.85. The summed E-state index contributed by atoms with van der Waals surface area (Å²) < 4.78 is 5.71. The minimum absolute atomic E-state index is 0.0402. The Bertz CT molecular complexity index is 959. The molecule has 0 aliphatic carbocycles. The van der Waals surface area contributed by atoms with E-state index in [9.17, 15) is 9.59 Å². The fraction of sp³-hybridized carbons (Fsp3) is 0.300. The molecular weight excluding hydrogens is 348 g/mol. The summed E-state index contributed by atoms with van der Waals surface area (Å²) in [5.41, 5.74) is 1.24. The first-order valence-electron chi connectivity index (χ1n) is 8.76. The Morgan fingerprint density at radius 3 is 2.92 bits per heavy atom. The summed E-state index contributed by atoms with van der Waals surface area (Å²) in [6.45, 7) is 1.52. The summed E-state index contributed by atoms with van der Waals surface area (Å²) in [5.74, 6) is -0.0527. The molecule has 1 N–H and O–H groups in total. The number of benzene rings is 1. The monoisotopic (exact) mass is 368 g/mol. The van der Waals surface area contributed by atoms with Crippen LogP contribution in [0.5, 0.6) is 0 Å². The quantitative estimate of drug-likeness (QED) is 0.751. The molecule has 4 rings (SSSR count). The summed E-state index contributed by atoms with van der Waals surface area (Å²) in [4.78, 5) is 30.8. The van der Waals surface area contributed by atoms with Crippen molar-refractivity contribution in [1.82, 2.24) is 9.88 Å². The molecule has 1 aliphatic rings. The second-order valence-corrected chi connectivity index (χ2v) is 7.46. The number of carbonyl (C=O) groups is 1. The van der Waals surface area contributed by atoms with Crippen molar-refractivity contribution in [3.8, 4) is 0 Å². The number of hydrogen-bond acceptors (Lipinski definition) is 4. The van der Waals surface area contributed by atoms with Crippen LogP contribution >= 0.6 is 11.3 Å². The van der Waals surface area contributed by atoms with Crippen LogP contribution in [0.2, 0.25) is 0 Å². The molecule has 0 saturated carbocycles. The fourth-order valence-corrected chi connectivity index (χ4v) is 4.02. The number of aromatic amines is 1. The van der Waals surface area contributed by atoms with Crippen LogP contribution in [0.1, 0.15) is 28.1 Å². The van der Waals surface area contributed by atoms with Gasteiger partial charge >= 0.3 is 0 Å². The predicted octanol–water partition coefficient (Wildman–Crippen LogP) is 3.41. The van der Waals surface area contributed by atoms with Crippen molar-refractivity contribution >= 4 is 28.1 Å². The molecule has 0 spiro atoms. The van der Waals surface area contributed by atoms with Gasteiger partial charge in [-0.1, -0.05) is 24.3 Å². The summed E-state index contributed by atoms with van der Waals surface area (Å²) in [6, 6.07) is 13.2. The average Bonchev–Trinajstić information content (AvgIpc) is 3.35. The van der Waals surface area contributed by atoms with E-state index in [0.717, 1.165) is 30.4 Å². The van der Waals surface area contributed by atoms with Crippen LogP contribution in [0, 0.1) is 0 Å². The van der Waals surface area contributed by atoms with E-state index in [2.05, 4.69) is 4.98 Å². The molecule has 2 aromatic heterocycles. The summed E-state index contributed by atoms with van der Waals surface area (Å²) >= 11 is 1.42. The number of H-pyrrole nitrogens is 1. The summed E-state index contributed by atoms with van der Waals surface area (Å²) in [7, 11) is 0. The van der Waals surface area contributed by atoms with E-state index in [1.165, 1.54) is 11.3 Å². The number of pyridine rings is 1. The molecule has 1 aromatic carbocycles. The third-order valence-electron chi connectivity index (χ3n) is 4.66. The largest absolute Gasteiger partial charge is 0.376 e. The zero-order valence-electron chi connectivity index (χ0n) is 14.3. The number of amides is 1. The third kappa shape index (κ3) is 3.57. The maximum Gasteiger partial charge on any atom is 0.264 e. The molecule has 1 atom stereocenters. The number of nitrogens with one attached hydrogen (secondary N) is 1. The Morgan fingerprint density at radius 2 is 2.15 bits per heavy atom. The van der Waals surface area contributed by atoms with Crippen molar-refractivity contribution in [2.75, 3.05) is 13.2 Å². The van der Waals surface area contributed by atoms with Gasteiger partial charge in [-0.15, -0.1) is 11.3 Å². The number of nitrogens with zero attached hydrogens (tertiary/aromatic N) is 1. The molecule has 0 bridgehead atoms. The Labute approximate surface area is 155 Å². The van der Waals surface area contributed by atoms with Crippen molar-refractivity contribution in [2.24, 2.45) is 0 Å². The second kappa shape index (κ2) is 7.43. The van der Waals surface area contributed by atoms with E-state index in [4.69, 9.17) is 4.74 Å². The lowest BCUT2D eigenvalue weighted by Crippen LogP contribution is -2.38. The van der Waals surface area contributed by atoms with E-state index >= 15 is 0 Å². The molecular formula is C20H20N2O3S. The molecule has 1 fully saturated rings. The van der Waals surface area contributed by atoms with Crippen LogP contribution < -0.4 is 5.56 Å². The number of hydrogen-bond donors (Lipinski definition) is 1. The van der Waals surface area contributed by atoms with Gasteiger partial charge < -0.3 is 14.6 Å². The highest BCUT2D eigenvalue weighted by atomic mass is 32.1. The molecule has 1 amide bonds. The van der Waals surface area contributed by atoms with Gasteiger partial charge in [0.1, 0.15) is 0 Å². The van der Waals surface area contributed by atoms with Gasteiger partial charge in [-0.2, -0.15) is 0 Å². The van der Waals surface area contributed by atoms with Gasteiger partial charge in [0.15, 0.2) is 0 Å². The van der Waals surface area contributed by atoms with Crippen molar-refractivity contribution < 1.29 is 9.53 Å². The van der Waals surface area contributed by atoms with Gasteiger partial charge in [-0.3, -0.25) is 9.59 Å². The highest BCUT2D eigenvalue weighted by Crippen LogP contribution is 2.19. The molecule has 6 heteroatoms. The minimum Gasteiger partial charge on any atom is -0.376 e. The maximum absolute atomic E-state index is 12.9. The number of fused-ring (bicyclic) bond motifs is 1. The average molecular weight is 368 g/mol. The van der Waals surface area contributed by atoms with Gasteiger partial charge in [0.05, 0.1) is 17.5 Å². The van der Waals surface area contributed by atoms with Crippen LogP contribution in [0.15, 0.2) is 52.6 Å². The van der Waals surface area contributed by atoms with Crippen molar-refractivity contribution in [3.63, 3.8) is 0 Å². The van der Waals surface area contributed by atoms with Crippen LogP contribution in [0.3, 0.4) is 0 Å². The number of carbonyl (C=O) groups excluding carboxylic acids is 1. The predicted molar refractivity (Wildman–Crippen MR) is 103 cm³/mol. The number of rotatable bonds is 5. The lowest BCUT2D eigenvalue weighted by Gasteiger charge is -2.25. The van der Waals surface area contributed by atoms with E-state index < -0.39 is 0 Å². The van der Waals surface area contributed by atoms with E-state index in [1.807, 2.05) is 47.8 Å². The fourth-order valence-electron chi connectivity index (χ4n) is 3.33. The third-order valence-corrected chi connectivity index (χ3v) is 5.52. The first-order valence-corrected chi connectivity index (χ1v) is 9.64. The topological polar surface area (TPSA) is 62.4 Å². The molecule has 5 nitrogen and oxygen atoms in total. The molecule has 0 unspecified atom stereocenters. The van der Waals surface area contributed by atoms with Gasteiger partial charge in [0.2, 0.25) is 0 Å². The van der Waals surface area contributed by atoms with E-state index in [-0.39, 0.29) is 24.1 Å². The lowest BCUT2D eigenvalue weighted by molar-refractivity contribution is 0.0510. The molecule has 3 heterocycles. The molecule has 1 saturated heterocycles. The van der Waals surface area contributed by atoms with Gasteiger partial charge in [0.25, 0.3) is 11.5 Å². The smallest absolute Gasteiger partial charge is 0.264 e. The molecule has 1 aliphatic heterocycles. The van der Waals surface area contributed by atoms with Crippen molar-refractivity contribution in [1.29, 1.82) is 0 Å². The van der Waals surface area contributed by atoms with Crippen molar-refractivity contribution in [2.45, 2.75) is 25.5 Å². The minimum atomic E-state index is -0.153. The van der Waals surface area contributed by atoms with Crippen molar-refractivity contribution in [3.05, 3.63) is 68.6 Å². The maximum atomic E-state index is 12.9. The van der Waals surface area contributed by atoms with Crippen LogP contribution in [0.4, 0.5) is 0 Å². The zero-order chi connectivity index (χ0) is 17.9. The SMILES string of the molecule is O=C(c1cccs1)N(Cc1cc2ccccc2[nH]c1=O)C[C@@H]1CCCO1. The Morgan fingerprint density at radius 1 is 1.27 bits per heavy atom. The number of ether oxygens (including phenoxy) is 1. The van der Waals surface area contributed by atoms with E-state index in [0.29, 0.717) is 17.0 Å². The zero-order valence-corrected chi connectivity index (χ0v) is 15.1. The van der Waals surface area contributed by atoms with Gasteiger partial charge in [-0.05, 0) is 41.8 Å². The van der Waals surface area contributed by atoms with Crippen LogP contribution in [-0.2, 0) is 11.3 Å². The highest BCUT2D eigenvalue weighted by molar-refractivity contribution is 7.12. The molecule has 134 valence electrons. The summed E-state index contributed by atoms with van der Waals surface area (Å²) in [6.07, 6.45) is 2.00. The Hall–Kier alpha value is -2.44. The number of aromatic nitrogens is 1. The number of thiophene rings is 1. The standard InChI is InChI=1S/C20H20N2O3S/c23-19-15(11-14-5-1-2-7-17(14)21-19)12-22(13-16-6-3-9-25-16)20(24)18-8-4-10-26-18/h1-2,4-5,7-8,10-11,16H,3,6,9,12-13H2,(H,21,23)/t16-/m0/s1. The Kier molecular flexibility index (Phi) is 4.86. The van der Waals surface area contributed by atoms with Crippen LogP contribution in [-0.4, -0.2) is 35.0 Å². The molecule has 0 radical (unpaired) electrons. The normalized spacial score (nSPS) is 16.8.